The third-order valence-electron chi connectivity index (χ3n) is 4.42. The van der Waals surface area contributed by atoms with Crippen molar-refractivity contribution < 1.29 is 27.4 Å². The lowest BCUT2D eigenvalue weighted by Crippen LogP contribution is -2.22. The van der Waals surface area contributed by atoms with Crippen molar-refractivity contribution in [1.82, 2.24) is 5.32 Å². The van der Waals surface area contributed by atoms with Crippen molar-refractivity contribution in [3.63, 3.8) is 0 Å². The summed E-state index contributed by atoms with van der Waals surface area (Å²) in [4.78, 5) is 12.1. The monoisotopic (exact) mass is 421 g/mol. The summed E-state index contributed by atoms with van der Waals surface area (Å²) in [5.74, 6) is 0.704. The summed E-state index contributed by atoms with van der Waals surface area (Å²) >= 11 is 1.17. The van der Waals surface area contributed by atoms with E-state index in [0.29, 0.717) is 28.4 Å². The van der Waals surface area contributed by atoms with Crippen LogP contribution in [0.5, 0.6) is 17.2 Å². The number of amides is 1. The van der Waals surface area contributed by atoms with Crippen molar-refractivity contribution in [2.45, 2.75) is 28.8 Å². The van der Waals surface area contributed by atoms with Gasteiger partial charge in [-0.05, 0) is 42.0 Å². The number of benzene rings is 1. The van der Waals surface area contributed by atoms with Gasteiger partial charge in [0.25, 0.3) is 0 Å². The normalized spacial score (nSPS) is 15.8. The second kappa shape index (κ2) is 7.48. The van der Waals surface area contributed by atoms with Gasteiger partial charge in [0.2, 0.25) is 18.4 Å². The Hall–Kier alpha value is -2.52. The molecule has 1 amide bonds. The molecule has 148 valence electrons. The van der Waals surface area contributed by atoms with E-state index in [2.05, 4.69) is 5.32 Å². The van der Waals surface area contributed by atoms with Crippen molar-refractivity contribution in [1.29, 1.82) is 0 Å². The molecule has 1 aromatic carbocycles. The molecule has 2 aromatic rings. The zero-order chi connectivity index (χ0) is 19.7. The summed E-state index contributed by atoms with van der Waals surface area (Å²) in [7, 11) is -2.08. The molecule has 0 radical (unpaired) electrons. The minimum atomic E-state index is -3.55. The Morgan fingerprint density at radius 3 is 2.89 bits per heavy atom. The molecule has 4 rings (SSSR count). The smallest absolute Gasteiger partial charge is 0.244 e. The number of hydrogen-bond donors (Lipinski definition) is 1. The van der Waals surface area contributed by atoms with Gasteiger partial charge in [-0.2, -0.15) is 0 Å². The van der Waals surface area contributed by atoms with Gasteiger partial charge in [0.1, 0.15) is 4.21 Å². The van der Waals surface area contributed by atoms with Gasteiger partial charge >= 0.3 is 0 Å². The first-order chi connectivity index (χ1) is 13.5. The van der Waals surface area contributed by atoms with Crippen LogP contribution in [-0.4, -0.2) is 34.3 Å². The largest absolute Gasteiger partial charge is 0.492 e. The van der Waals surface area contributed by atoms with Crippen molar-refractivity contribution in [3.05, 3.63) is 40.8 Å². The van der Waals surface area contributed by atoms with Crippen LogP contribution in [0, 0.1) is 0 Å². The summed E-state index contributed by atoms with van der Waals surface area (Å²) in [6.07, 6.45) is 4.92. The van der Waals surface area contributed by atoms with E-state index in [1.54, 1.807) is 29.7 Å². The quantitative estimate of drug-likeness (QED) is 0.692. The Kier molecular flexibility index (Phi) is 5.03. The average Bonchev–Trinajstić information content (AvgIpc) is 3.13. The van der Waals surface area contributed by atoms with Crippen LogP contribution in [0.25, 0.3) is 6.08 Å². The molecule has 2 aliphatic rings. The maximum Gasteiger partial charge on any atom is 0.244 e. The van der Waals surface area contributed by atoms with Gasteiger partial charge < -0.3 is 19.5 Å². The minimum absolute atomic E-state index is 0.0259. The van der Waals surface area contributed by atoms with Crippen molar-refractivity contribution >= 4 is 33.2 Å². The molecule has 2 heterocycles. The molecule has 1 aliphatic carbocycles. The lowest BCUT2D eigenvalue weighted by molar-refractivity contribution is -0.116. The topological polar surface area (TPSA) is 90.9 Å². The average molecular weight is 421 g/mol. The molecule has 1 N–H and O–H groups in total. The molecule has 0 unspecified atom stereocenters. The van der Waals surface area contributed by atoms with E-state index in [4.69, 9.17) is 14.2 Å². The number of hydrogen-bond acceptors (Lipinski definition) is 7. The highest BCUT2D eigenvalue weighted by molar-refractivity contribution is 7.92. The number of rotatable bonds is 7. The third kappa shape index (κ3) is 3.85. The molecular formula is C19H19NO6S2. The molecular weight excluding hydrogens is 402 g/mol. The Morgan fingerprint density at radius 1 is 1.39 bits per heavy atom. The Labute approximate surface area is 166 Å². The van der Waals surface area contributed by atoms with Crippen LogP contribution in [-0.2, 0) is 20.4 Å². The second-order valence-corrected chi connectivity index (χ2v) is 9.69. The van der Waals surface area contributed by atoms with Crippen molar-refractivity contribution in [2.24, 2.45) is 0 Å². The fourth-order valence-electron chi connectivity index (χ4n) is 2.93. The number of carbonyl (C=O) groups excluding carboxylic acids is 1. The van der Waals surface area contributed by atoms with Gasteiger partial charge in [0.05, 0.1) is 12.9 Å². The molecule has 28 heavy (non-hydrogen) atoms. The molecule has 0 bridgehead atoms. The van der Waals surface area contributed by atoms with E-state index in [1.807, 2.05) is 0 Å². The summed E-state index contributed by atoms with van der Waals surface area (Å²) in [5.41, 5.74) is 0.961. The first-order valence-electron chi connectivity index (χ1n) is 8.72. The predicted molar refractivity (Wildman–Crippen MR) is 105 cm³/mol. The number of fused-ring (bicyclic) bond motifs is 1. The van der Waals surface area contributed by atoms with Gasteiger partial charge in [-0.15, -0.1) is 11.3 Å². The van der Waals surface area contributed by atoms with E-state index in [9.17, 15) is 13.2 Å². The molecule has 7 nitrogen and oxygen atoms in total. The number of nitrogens with one attached hydrogen (secondary N) is 1. The zero-order valence-electron chi connectivity index (χ0n) is 15.1. The minimum Gasteiger partial charge on any atom is -0.492 e. The van der Waals surface area contributed by atoms with Crippen LogP contribution in [0.15, 0.2) is 33.9 Å². The van der Waals surface area contributed by atoms with Crippen LogP contribution >= 0.6 is 11.3 Å². The molecule has 1 aliphatic heterocycles. The molecule has 1 aromatic heterocycles. The van der Waals surface area contributed by atoms with E-state index in [-0.39, 0.29) is 28.7 Å². The van der Waals surface area contributed by atoms with Crippen LogP contribution < -0.4 is 19.5 Å². The molecule has 0 atom stereocenters. The van der Waals surface area contributed by atoms with Gasteiger partial charge in [0.15, 0.2) is 21.3 Å². The van der Waals surface area contributed by atoms with Crippen molar-refractivity contribution in [3.8, 4) is 17.2 Å². The van der Waals surface area contributed by atoms with Crippen LogP contribution in [0.1, 0.15) is 24.0 Å². The molecule has 1 fully saturated rings. The van der Waals surface area contributed by atoms with Gasteiger partial charge in [-0.25, -0.2) is 8.42 Å². The number of methoxy groups -OCH3 is 1. The summed E-state index contributed by atoms with van der Waals surface area (Å²) < 4.78 is 42.3. The van der Waals surface area contributed by atoms with E-state index < -0.39 is 9.84 Å². The lowest BCUT2D eigenvalue weighted by Gasteiger charge is -2.14. The second-order valence-electron chi connectivity index (χ2n) is 6.52. The summed E-state index contributed by atoms with van der Waals surface area (Å²) in [6.45, 7) is 0.0259. The maximum absolute atomic E-state index is 12.8. The maximum atomic E-state index is 12.8. The highest BCUT2D eigenvalue weighted by Gasteiger charge is 2.28. The Morgan fingerprint density at radius 2 is 2.21 bits per heavy atom. The molecule has 9 heteroatoms. The van der Waals surface area contributed by atoms with Gasteiger partial charge in [-0.3, -0.25) is 4.79 Å². The fourth-order valence-corrected chi connectivity index (χ4v) is 5.39. The number of carbonyl (C=O) groups is 1. The van der Waals surface area contributed by atoms with Crippen LogP contribution in [0.4, 0.5) is 0 Å². The number of ether oxygens (including phenoxy) is 3. The van der Waals surface area contributed by atoms with E-state index in [1.165, 1.54) is 24.5 Å². The Balaban J connectivity index is 1.73. The highest BCUT2D eigenvalue weighted by atomic mass is 32.2. The fraction of sp³-hybridized carbons (Fsp3) is 0.316. The van der Waals surface area contributed by atoms with Crippen LogP contribution in [0.3, 0.4) is 0 Å². The van der Waals surface area contributed by atoms with E-state index >= 15 is 0 Å². The number of sulfone groups is 1. The Bertz CT molecular complexity index is 1020. The summed E-state index contributed by atoms with van der Waals surface area (Å²) in [5, 5.41) is 4.58. The molecule has 0 spiro atoms. The third-order valence-corrected chi connectivity index (χ3v) is 7.57. The number of thiophene rings is 1. The molecule has 0 saturated heterocycles. The lowest BCUT2D eigenvalue weighted by atomic mass is 10.1. The summed E-state index contributed by atoms with van der Waals surface area (Å²) in [6, 6.07) is 5.13. The van der Waals surface area contributed by atoms with Gasteiger partial charge in [0, 0.05) is 17.7 Å². The SMILES string of the molecule is COc1c(/C=C/C(=O)NC2CC2)c(CS(=O)(=O)c2cccs2)cc2c1OCO2. The van der Waals surface area contributed by atoms with Crippen molar-refractivity contribution in [2.75, 3.05) is 13.9 Å². The highest BCUT2D eigenvalue weighted by Crippen LogP contribution is 2.46. The van der Waals surface area contributed by atoms with E-state index in [0.717, 1.165) is 12.8 Å². The van der Waals surface area contributed by atoms with Gasteiger partial charge in [-0.1, -0.05) is 6.07 Å². The first kappa shape index (κ1) is 18.8. The molecule has 1 saturated carbocycles. The first-order valence-corrected chi connectivity index (χ1v) is 11.3. The zero-order valence-corrected chi connectivity index (χ0v) is 16.8. The van der Waals surface area contributed by atoms with Crippen LogP contribution in [0.2, 0.25) is 0 Å². The standard InChI is InChI=1S/C19H19NO6S2/c1-24-18-14(6-7-16(21)20-13-4-5-13)12(9-15-19(18)26-11-25-15)10-28(22,23)17-3-2-8-27-17/h2-3,6-9,13H,4-5,10-11H2,1H3,(H,20,21)/b7-6+. The predicted octanol–water partition coefficient (Wildman–Crippen LogP) is 2.75.